The third kappa shape index (κ3) is 3.55. The number of aryl methyl sites for hydroxylation is 1. The van der Waals surface area contributed by atoms with E-state index in [1.807, 2.05) is 32.9 Å². The first kappa shape index (κ1) is 17.2. The SMILES string of the molecule is CCc1ccc(-c2ccc(NC(=O)C(C)(C)C)c3ncccc23)cc1. The lowest BCUT2D eigenvalue weighted by atomic mass is 9.95. The van der Waals surface area contributed by atoms with Gasteiger partial charge in [-0.05, 0) is 35.2 Å². The molecule has 1 N–H and O–H groups in total. The monoisotopic (exact) mass is 332 g/mol. The summed E-state index contributed by atoms with van der Waals surface area (Å²) >= 11 is 0. The van der Waals surface area contributed by atoms with Gasteiger partial charge in [-0.15, -0.1) is 0 Å². The van der Waals surface area contributed by atoms with Crippen molar-refractivity contribution in [2.45, 2.75) is 34.1 Å². The van der Waals surface area contributed by atoms with Crippen molar-refractivity contribution in [3.63, 3.8) is 0 Å². The van der Waals surface area contributed by atoms with Crippen LogP contribution in [0.5, 0.6) is 0 Å². The van der Waals surface area contributed by atoms with E-state index in [0.29, 0.717) is 0 Å². The summed E-state index contributed by atoms with van der Waals surface area (Å²) in [5, 5.41) is 4.06. The van der Waals surface area contributed by atoms with E-state index in [-0.39, 0.29) is 5.91 Å². The van der Waals surface area contributed by atoms with Crippen molar-refractivity contribution < 1.29 is 4.79 Å². The van der Waals surface area contributed by atoms with Crippen LogP contribution < -0.4 is 5.32 Å². The summed E-state index contributed by atoms with van der Waals surface area (Å²) < 4.78 is 0. The molecule has 0 fully saturated rings. The number of carbonyl (C=O) groups is 1. The lowest BCUT2D eigenvalue weighted by molar-refractivity contribution is -0.123. The average molecular weight is 332 g/mol. The number of hydrogen-bond donors (Lipinski definition) is 1. The number of rotatable bonds is 3. The minimum absolute atomic E-state index is 0.0144. The van der Waals surface area contributed by atoms with Crippen molar-refractivity contribution in [3.8, 4) is 11.1 Å². The topological polar surface area (TPSA) is 42.0 Å². The fourth-order valence-corrected chi connectivity index (χ4v) is 2.76. The van der Waals surface area contributed by atoms with E-state index < -0.39 is 5.41 Å². The Morgan fingerprint density at radius 3 is 2.40 bits per heavy atom. The molecule has 0 aliphatic rings. The second kappa shape index (κ2) is 6.67. The van der Waals surface area contributed by atoms with Gasteiger partial charge in [0.1, 0.15) is 0 Å². The van der Waals surface area contributed by atoms with E-state index in [2.05, 4.69) is 53.6 Å². The maximum absolute atomic E-state index is 12.4. The molecule has 0 aliphatic heterocycles. The van der Waals surface area contributed by atoms with Crippen molar-refractivity contribution in [3.05, 3.63) is 60.3 Å². The van der Waals surface area contributed by atoms with Crippen LogP contribution in [0.15, 0.2) is 54.7 Å². The highest BCUT2D eigenvalue weighted by molar-refractivity contribution is 6.06. The average Bonchev–Trinajstić information content (AvgIpc) is 2.61. The Kier molecular flexibility index (Phi) is 4.58. The third-order valence-electron chi connectivity index (χ3n) is 4.37. The number of benzene rings is 2. The molecule has 0 atom stereocenters. The summed E-state index contributed by atoms with van der Waals surface area (Å²) in [5.41, 5.74) is 4.72. The number of aromatic nitrogens is 1. The number of pyridine rings is 1. The molecule has 0 bridgehead atoms. The predicted octanol–water partition coefficient (Wildman–Crippen LogP) is 5.45. The van der Waals surface area contributed by atoms with E-state index >= 15 is 0 Å². The molecule has 1 amide bonds. The summed E-state index contributed by atoms with van der Waals surface area (Å²) in [6.45, 7) is 7.87. The molecule has 0 radical (unpaired) electrons. The van der Waals surface area contributed by atoms with Crippen LogP contribution >= 0.6 is 0 Å². The van der Waals surface area contributed by atoms with Crippen molar-refractivity contribution in [2.24, 2.45) is 5.41 Å². The Labute approximate surface area is 149 Å². The largest absolute Gasteiger partial charge is 0.324 e. The molecule has 1 heterocycles. The van der Waals surface area contributed by atoms with E-state index in [9.17, 15) is 4.79 Å². The number of fused-ring (bicyclic) bond motifs is 1. The summed E-state index contributed by atoms with van der Waals surface area (Å²) in [5.74, 6) is -0.0144. The fourth-order valence-electron chi connectivity index (χ4n) is 2.76. The fraction of sp³-hybridized carbons (Fsp3) is 0.273. The van der Waals surface area contributed by atoms with Gasteiger partial charge in [-0.25, -0.2) is 0 Å². The molecule has 128 valence electrons. The van der Waals surface area contributed by atoms with Crippen LogP contribution in [0.3, 0.4) is 0 Å². The molecule has 0 unspecified atom stereocenters. The second-order valence-corrected chi connectivity index (χ2v) is 7.31. The standard InChI is InChI=1S/C22H24N2O/c1-5-15-8-10-16(11-9-15)17-12-13-19(24-21(25)22(2,3)4)20-18(17)7-6-14-23-20/h6-14H,5H2,1-4H3,(H,24,25). The van der Waals surface area contributed by atoms with Crippen molar-refractivity contribution in [2.75, 3.05) is 5.32 Å². The Morgan fingerprint density at radius 2 is 1.76 bits per heavy atom. The molecule has 0 saturated heterocycles. The summed E-state index contributed by atoms with van der Waals surface area (Å²) in [6.07, 6.45) is 2.79. The van der Waals surface area contributed by atoms with Gasteiger partial charge in [-0.2, -0.15) is 0 Å². The van der Waals surface area contributed by atoms with Gasteiger partial charge in [0, 0.05) is 17.0 Å². The molecule has 3 rings (SSSR count). The van der Waals surface area contributed by atoms with Crippen molar-refractivity contribution in [1.82, 2.24) is 4.98 Å². The van der Waals surface area contributed by atoms with E-state index in [1.165, 1.54) is 5.56 Å². The predicted molar refractivity (Wildman–Crippen MR) is 105 cm³/mol. The zero-order chi connectivity index (χ0) is 18.0. The van der Waals surface area contributed by atoms with E-state index in [0.717, 1.165) is 34.1 Å². The van der Waals surface area contributed by atoms with Crippen LogP contribution in [0, 0.1) is 5.41 Å². The smallest absolute Gasteiger partial charge is 0.229 e. The van der Waals surface area contributed by atoms with E-state index in [4.69, 9.17) is 0 Å². The number of nitrogens with one attached hydrogen (secondary N) is 1. The highest BCUT2D eigenvalue weighted by Crippen LogP contribution is 2.33. The second-order valence-electron chi connectivity index (χ2n) is 7.31. The number of amides is 1. The first-order valence-corrected chi connectivity index (χ1v) is 8.68. The lowest BCUT2D eigenvalue weighted by Crippen LogP contribution is -2.27. The van der Waals surface area contributed by atoms with Crippen LogP contribution in [0.1, 0.15) is 33.3 Å². The molecule has 1 aromatic heterocycles. The maximum atomic E-state index is 12.4. The highest BCUT2D eigenvalue weighted by atomic mass is 16.2. The molecule has 0 saturated carbocycles. The third-order valence-corrected chi connectivity index (χ3v) is 4.37. The lowest BCUT2D eigenvalue weighted by Gasteiger charge is -2.19. The van der Waals surface area contributed by atoms with Crippen LogP contribution in [-0.2, 0) is 11.2 Å². The molecule has 3 heteroatoms. The number of nitrogens with zero attached hydrogens (tertiary/aromatic N) is 1. The first-order valence-electron chi connectivity index (χ1n) is 8.68. The minimum Gasteiger partial charge on any atom is -0.324 e. The molecule has 3 nitrogen and oxygen atoms in total. The Hall–Kier alpha value is -2.68. The summed E-state index contributed by atoms with van der Waals surface area (Å²) in [4.78, 5) is 16.9. The van der Waals surface area contributed by atoms with Crippen LogP contribution in [0.2, 0.25) is 0 Å². The molecular weight excluding hydrogens is 308 g/mol. The zero-order valence-corrected chi connectivity index (χ0v) is 15.3. The Morgan fingerprint density at radius 1 is 1.04 bits per heavy atom. The molecule has 0 aliphatic carbocycles. The Balaban J connectivity index is 2.08. The molecule has 3 aromatic rings. The van der Waals surface area contributed by atoms with Crippen molar-refractivity contribution >= 4 is 22.5 Å². The van der Waals surface area contributed by atoms with Gasteiger partial charge in [0.15, 0.2) is 0 Å². The minimum atomic E-state index is -0.449. The summed E-state index contributed by atoms with van der Waals surface area (Å²) in [6, 6.07) is 16.6. The molecule has 2 aromatic carbocycles. The highest BCUT2D eigenvalue weighted by Gasteiger charge is 2.22. The van der Waals surface area contributed by atoms with Gasteiger partial charge >= 0.3 is 0 Å². The van der Waals surface area contributed by atoms with Crippen molar-refractivity contribution in [1.29, 1.82) is 0 Å². The summed E-state index contributed by atoms with van der Waals surface area (Å²) in [7, 11) is 0. The van der Waals surface area contributed by atoms with Gasteiger partial charge in [0.2, 0.25) is 5.91 Å². The molecule has 0 spiro atoms. The zero-order valence-electron chi connectivity index (χ0n) is 15.3. The maximum Gasteiger partial charge on any atom is 0.229 e. The van der Waals surface area contributed by atoms with Gasteiger partial charge < -0.3 is 5.32 Å². The quantitative estimate of drug-likeness (QED) is 0.693. The van der Waals surface area contributed by atoms with Gasteiger partial charge in [-0.3, -0.25) is 9.78 Å². The molecule has 25 heavy (non-hydrogen) atoms. The van der Waals surface area contributed by atoms with E-state index in [1.54, 1.807) is 6.20 Å². The van der Waals surface area contributed by atoms with Crippen LogP contribution in [0.25, 0.3) is 22.0 Å². The first-order chi connectivity index (χ1) is 11.9. The van der Waals surface area contributed by atoms with Gasteiger partial charge in [0.25, 0.3) is 0 Å². The Bertz CT molecular complexity index is 905. The van der Waals surface area contributed by atoms with Gasteiger partial charge in [-0.1, -0.05) is 64.1 Å². The van der Waals surface area contributed by atoms with Gasteiger partial charge in [0.05, 0.1) is 11.2 Å². The number of hydrogen-bond acceptors (Lipinski definition) is 2. The molecular formula is C22H24N2O. The van der Waals surface area contributed by atoms with Crippen LogP contribution in [-0.4, -0.2) is 10.9 Å². The number of anilines is 1. The van der Waals surface area contributed by atoms with Crippen LogP contribution in [0.4, 0.5) is 5.69 Å². The normalized spacial score (nSPS) is 11.5. The number of carbonyl (C=O) groups excluding carboxylic acids is 1.